The van der Waals surface area contributed by atoms with Crippen LogP contribution in [0.25, 0.3) is 10.9 Å². The number of aromatic amines is 1. The minimum Gasteiger partial charge on any atom is -0.497 e. The van der Waals surface area contributed by atoms with Crippen molar-refractivity contribution < 1.29 is 19.0 Å². The third-order valence-electron chi connectivity index (χ3n) is 3.77. The van der Waals surface area contributed by atoms with E-state index in [1.807, 2.05) is 36.4 Å². The van der Waals surface area contributed by atoms with Crippen molar-refractivity contribution in [3.63, 3.8) is 0 Å². The highest BCUT2D eigenvalue weighted by molar-refractivity contribution is 5.82. The van der Waals surface area contributed by atoms with Crippen LogP contribution in [0.2, 0.25) is 0 Å². The van der Waals surface area contributed by atoms with E-state index in [1.165, 1.54) is 0 Å². The first-order valence-electron chi connectivity index (χ1n) is 7.87. The van der Waals surface area contributed by atoms with Gasteiger partial charge in [-0.15, -0.1) is 0 Å². The molecule has 6 heteroatoms. The molecule has 0 spiro atoms. The van der Waals surface area contributed by atoms with E-state index < -0.39 is 0 Å². The molecule has 1 amide bonds. The van der Waals surface area contributed by atoms with E-state index in [2.05, 4.69) is 10.3 Å². The normalized spacial score (nSPS) is 10.5. The van der Waals surface area contributed by atoms with Gasteiger partial charge in [-0.05, 0) is 36.4 Å². The molecule has 2 N–H and O–H groups in total. The molecule has 25 heavy (non-hydrogen) atoms. The van der Waals surface area contributed by atoms with Crippen molar-refractivity contribution in [2.75, 3.05) is 20.8 Å². The molecule has 0 radical (unpaired) electrons. The zero-order valence-corrected chi connectivity index (χ0v) is 14.2. The Labute approximate surface area is 145 Å². The Morgan fingerprint density at radius 3 is 2.56 bits per heavy atom. The van der Waals surface area contributed by atoms with Crippen molar-refractivity contribution in [1.29, 1.82) is 0 Å². The van der Waals surface area contributed by atoms with Gasteiger partial charge in [0.05, 0.1) is 20.8 Å². The lowest BCUT2D eigenvalue weighted by atomic mass is 10.2. The minimum absolute atomic E-state index is 0.0543. The van der Waals surface area contributed by atoms with E-state index >= 15 is 0 Å². The van der Waals surface area contributed by atoms with Crippen molar-refractivity contribution in [2.45, 2.75) is 6.54 Å². The van der Waals surface area contributed by atoms with Crippen LogP contribution < -0.4 is 19.5 Å². The second kappa shape index (κ2) is 7.61. The van der Waals surface area contributed by atoms with Gasteiger partial charge in [0.1, 0.15) is 17.2 Å². The van der Waals surface area contributed by atoms with E-state index in [9.17, 15) is 4.79 Å². The first-order valence-corrected chi connectivity index (χ1v) is 7.87. The zero-order valence-electron chi connectivity index (χ0n) is 14.2. The number of carbonyl (C=O) groups excluding carboxylic acids is 1. The van der Waals surface area contributed by atoms with E-state index in [1.54, 1.807) is 26.4 Å². The molecule has 2 aromatic carbocycles. The fourth-order valence-corrected chi connectivity index (χ4v) is 2.48. The van der Waals surface area contributed by atoms with Gasteiger partial charge in [0, 0.05) is 22.7 Å². The molecule has 0 fully saturated rings. The highest BCUT2D eigenvalue weighted by Gasteiger charge is 2.06. The van der Waals surface area contributed by atoms with Crippen LogP contribution in [0.3, 0.4) is 0 Å². The van der Waals surface area contributed by atoms with Crippen LogP contribution in [0, 0.1) is 0 Å². The molecule has 3 aromatic rings. The SMILES string of the molecule is COc1cccc(OCC(=O)NCc2cc3cc(OC)ccc3[nH]2)c1. The van der Waals surface area contributed by atoms with Crippen molar-refractivity contribution in [2.24, 2.45) is 0 Å². The smallest absolute Gasteiger partial charge is 0.258 e. The number of methoxy groups -OCH3 is 2. The van der Waals surface area contributed by atoms with E-state index in [0.29, 0.717) is 18.0 Å². The summed E-state index contributed by atoms with van der Waals surface area (Å²) < 4.78 is 15.8. The number of fused-ring (bicyclic) bond motifs is 1. The molecule has 3 rings (SSSR count). The van der Waals surface area contributed by atoms with Gasteiger partial charge in [-0.1, -0.05) is 6.07 Å². The summed E-state index contributed by atoms with van der Waals surface area (Å²) in [6.07, 6.45) is 0. The quantitative estimate of drug-likeness (QED) is 0.694. The third kappa shape index (κ3) is 4.23. The van der Waals surface area contributed by atoms with E-state index in [0.717, 1.165) is 22.3 Å². The molecule has 0 atom stereocenters. The number of ether oxygens (including phenoxy) is 3. The van der Waals surface area contributed by atoms with Gasteiger partial charge in [-0.3, -0.25) is 4.79 Å². The van der Waals surface area contributed by atoms with Gasteiger partial charge in [-0.2, -0.15) is 0 Å². The van der Waals surface area contributed by atoms with Gasteiger partial charge in [0.25, 0.3) is 5.91 Å². The molecule has 130 valence electrons. The second-order valence-corrected chi connectivity index (χ2v) is 5.49. The van der Waals surface area contributed by atoms with Gasteiger partial charge in [0.15, 0.2) is 6.61 Å². The topological polar surface area (TPSA) is 72.6 Å². The summed E-state index contributed by atoms with van der Waals surface area (Å²) in [5.41, 5.74) is 1.91. The summed E-state index contributed by atoms with van der Waals surface area (Å²) in [4.78, 5) is 15.2. The maximum atomic E-state index is 12.0. The number of hydrogen-bond donors (Lipinski definition) is 2. The first-order chi connectivity index (χ1) is 12.2. The maximum absolute atomic E-state index is 12.0. The van der Waals surface area contributed by atoms with Crippen LogP contribution in [0.4, 0.5) is 0 Å². The molecular formula is C19H20N2O4. The van der Waals surface area contributed by atoms with E-state index in [4.69, 9.17) is 14.2 Å². The standard InChI is InChI=1S/C19H20N2O4/c1-23-15-4-3-5-17(10-15)25-12-19(22)20-11-14-8-13-9-16(24-2)6-7-18(13)21-14/h3-10,21H,11-12H2,1-2H3,(H,20,22). The number of H-pyrrole nitrogens is 1. The molecular weight excluding hydrogens is 320 g/mol. The van der Waals surface area contributed by atoms with Crippen LogP contribution in [-0.4, -0.2) is 31.7 Å². The molecule has 0 bridgehead atoms. The molecule has 0 aliphatic rings. The highest BCUT2D eigenvalue weighted by Crippen LogP contribution is 2.21. The lowest BCUT2D eigenvalue weighted by Crippen LogP contribution is -2.28. The number of benzene rings is 2. The molecule has 0 unspecified atom stereocenters. The van der Waals surface area contributed by atoms with Crippen LogP contribution >= 0.6 is 0 Å². The lowest BCUT2D eigenvalue weighted by molar-refractivity contribution is -0.123. The van der Waals surface area contributed by atoms with Crippen LogP contribution in [0.1, 0.15) is 5.69 Å². The molecule has 0 saturated carbocycles. The predicted octanol–water partition coefficient (Wildman–Crippen LogP) is 2.88. The summed E-state index contributed by atoms with van der Waals surface area (Å²) in [5, 5.41) is 3.87. The fraction of sp³-hybridized carbons (Fsp3) is 0.211. The Bertz CT molecular complexity index is 873. The summed E-state index contributed by atoms with van der Waals surface area (Å²) in [5.74, 6) is 1.88. The molecule has 0 saturated heterocycles. The fourth-order valence-electron chi connectivity index (χ4n) is 2.48. The Hall–Kier alpha value is -3.15. The van der Waals surface area contributed by atoms with Gasteiger partial charge in [-0.25, -0.2) is 0 Å². The van der Waals surface area contributed by atoms with Crippen molar-refractivity contribution in [3.05, 3.63) is 54.2 Å². The van der Waals surface area contributed by atoms with Crippen molar-refractivity contribution >= 4 is 16.8 Å². The Morgan fingerprint density at radius 1 is 1.00 bits per heavy atom. The molecule has 0 aliphatic carbocycles. The molecule has 1 aromatic heterocycles. The second-order valence-electron chi connectivity index (χ2n) is 5.49. The number of rotatable bonds is 7. The Morgan fingerprint density at radius 2 is 1.76 bits per heavy atom. The van der Waals surface area contributed by atoms with Crippen LogP contribution in [0.15, 0.2) is 48.5 Å². The van der Waals surface area contributed by atoms with Gasteiger partial charge in [0.2, 0.25) is 0 Å². The van der Waals surface area contributed by atoms with Crippen molar-refractivity contribution in [3.8, 4) is 17.2 Å². The van der Waals surface area contributed by atoms with Gasteiger partial charge >= 0.3 is 0 Å². The number of nitrogens with one attached hydrogen (secondary N) is 2. The minimum atomic E-state index is -0.195. The maximum Gasteiger partial charge on any atom is 0.258 e. The molecule has 1 heterocycles. The predicted molar refractivity (Wildman–Crippen MR) is 95.2 cm³/mol. The molecule has 6 nitrogen and oxygen atoms in total. The highest BCUT2D eigenvalue weighted by atomic mass is 16.5. The Balaban J connectivity index is 1.53. The third-order valence-corrected chi connectivity index (χ3v) is 3.77. The first kappa shape index (κ1) is 16.7. The van der Waals surface area contributed by atoms with Crippen LogP contribution in [-0.2, 0) is 11.3 Å². The summed E-state index contributed by atoms with van der Waals surface area (Å²) in [7, 11) is 3.22. The zero-order chi connectivity index (χ0) is 17.6. The largest absolute Gasteiger partial charge is 0.497 e. The monoisotopic (exact) mass is 340 g/mol. The summed E-state index contributed by atoms with van der Waals surface area (Å²) >= 11 is 0. The number of amides is 1. The number of hydrogen-bond acceptors (Lipinski definition) is 4. The summed E-state index contributed by atoms with van der Waals surface area (Å²) in [6.45, 7) is 0.346. The average molecular weight is 340 g/mol. The number of aromatic nitrogens is 1. The van der Waals surface area contributed by atoms with Crippen molar-refractivity contribution in [1.82, 2.24) is 10.3 Å². The lowest BCUT2D eigenvalue weighted by Gasteiger charge is -2.08. The summed E-state index contributed by atoms with van der Waals surface area (Å²) in [6, 6.07) is 14.9. The number of carbonyl (C=O) groups is 1. The molecule has 0 aliphatic heterocycles. The Kier molecular flexibility index (Phi) is 5.09. The van der Waals surface area contributed by atoms with E-state index in [-0.39, 0.29) is 12.5 Å². The van der Waals surface area contributed by atoms with Crippen LogP contribution in [0.5, 0.6) is 17.2 Å². The van der Waals surface area contributed by atoms with Gasteiger partial charge < -0.3 is 24.5 Å². The average Bonchev–Trinajstić information content (AvgIpc) is 3.06.